The Balaban J connectivity index is 2.96. The van der Waals surface area contributed by atoms with Crippen molar-refractivity contribution in [3.63, 3.8) is 0 Å². The molecule has 0 saturated heterocycles. The van der Waals surface area contributed by atoms with Gasteiger partial charge in [0.25, 0.3) is 6.34 Å². The number of rotatable bonds is 0. The van der Waals surface area contributed by atoms with Gasteiger partial charge in [0.2, 0.25) is 5.84 Å². The Morgan fingerprint density at radius 1 is 1.67 bits per heavy atom. The molecule has 9 heavy (non-hydrogen) atoms. The molecular formula is C6H8N3+. The van der Waals surface area contributed by atoms with Gasteiger partial charge in [0.15, 0.2) is 0 Å². The van der Waals surface area contributed by atoms with Crippen LogP contribution in [0.1, 0.15) is 6.92 Å². The molecule has 0 bridgehead atoms. The van der Waals surface area contributed by atoms with Crippen molar-refractivity contribution in [3.05, 3.63) is 6.20 Å². The number of nitrogens with zero attached hydrogens (tertiary/aromatic N) is 3. The van der Waals surface area contributed by atoms with Gasteiger partial charge in [-0.3, -0.25) is 0 Å². The molecular weight excluding hydrogens is 114 g/mol. The molecule has 46 valence electrons. The first-order chi connectivity index (χ1) is 4.29. The van der Waals surface area contributed by atoms with Crippen LogP contribution in [0.4, 0.5) is 0 Å². The lowest BCUT2D eigenvalue weighted by Crippen LogP contribution is -1.99. The van der Waals surface area contributed by atoms with Crippen LogP contribution in [0.2, 0.25) is 0 Å². The summed E-state index contributed by atoms with van der Waals surface area (Å²) in [4.78, 5) is 7.88. The molecule has 0 aliphatic carbocycles. The third-order valence-corrected chi connectivity index (χ3v) is 0.931. The number of hydrogen-bond donors (Lipinski definition) is 0. The van der Waals surface area contributed by atoms with Gasteiger partial charge in [0, 0.05) is 6.92 Å². The van der Waals surface area contributed by atoms with Crippen LogP contribution < -0.4 is 0 Å². The van der Waals surface area contributed by atoms with Crippen molar-refractivity contribution in [1.82, 2.24) is 0 Å². The SMILES string of the molecule is CC1=NC=C=[N+](C)C=N1. The molecule has 0 spiro atoms. The first-order valence-corrected chi connectivity index (χ1v) is 2.68. The Morgan fingerprint density at radius 2 is 2.44 bits per heavy atom. The third-order valence-electron chi connectivity index (χ3n) is 0.931. The second kappa shape index (κ2) is 2.37. The molecule has 0 fully saturated rings. The zero-order valence-electron chi connectivity index (χ0n) is 5.50. The van der Waals surface area contributed by atoms with Gasteiger partial charge in [-0.2, -0.15) is 4.58 Å². The molecule has 3 nitrogen and oxygen atoms in total. The molecule has 1 rings (SSSR count). The lowest BCUT2D eigenvalue weighted by molar-refractivity contribution is -0.351. The monoisotopic (exact) mass is 122 g/mol. The summed E-state index contributed by atoms with van der Waals surface area (Å²) in [5.41, 5.74) is 0. The smallest absolute Gasteiger partial charge is 0.206 e. The van der Waals surface area contributed by atoms with Gasteiger partial charge >= 0.3 is 0 Å². The van der Waals surface area contributed by atoms with E-state index in [1.54, 1.807) is 17.1 Å². The van der Waals surface area contributed by atoms with Crippen molar-refractivity contribution < 1.29 is 4.58 Å². The van der Waals surface area contributed by atoms with Gasteiger partial charge in [-0.1, -0.05) is 0 Å². The second-order valence-electron chi connectivity index (χ2n) is 1.79. The Morgan fingerprint density at radius 3 is 3.22 bits per heavy atom. The van der Waals surface area contributed by atoms with E-state index < -0.39 is 0 Å². The molecule has 1 heterocycles. The predicted molar refractivity (Wildman–Crippen MR) is 37.4 cm³/mol. The summed E-state index contributed by atoms with van der Waals surface area (Å²) in [7, 11) is 1.86. The Labute approximate surface area is 53.8 Å². The normalized spacial score (nSPS) is 16.7. The third kappa shape index (κ3) is 1.63. The minimum absolute atomic E-state index is 0.756. The lowest BCUT2D eigenvalue weighted by atomic mass is 10.7. The highest BCUT2D eigenvalue weighted by Gasteiger charge is 1.94. The lowest BCUT2D eigenvalue weighted by Gasteiger charge is -1.74. The number of aliphatic imine (C=N–C) groups is 2. The zero-order valence-corrected chi connectivity index (χ0v) is 5.50. The highest BCUT2D eigenvalue weighted by Crippen LogP contribution is 1.80. The molecule has 0 saturated carbocycles. The van der Waals surface area contributed by atoms with Gasteiger partial charge in [-0.25, -0.2) is 4.99 Å². The number of hydrogen-bond acceptors (Lipinski definition) is 2. The Bertz CT molecular complexity index is 229. The molecule has 3 heteroatoms. The van der Waals surface area contributed by atoms with Crippen molar-refractivity contribution in [1.29, 1.82) is 0 Å². The van der Waals surface area contributed by atoms with Crippen molar-refractivity contribution in [3.8, 4) is 0 Å². The molecule has 0 unspecified atom stereocenters. The average molecular weight is 122 g/mol. The first kappa shape index (κ1) is 5.92. The highest BCUT2D eigenvalue weighted by atomic mass is 15.0. The maximum absolute atomic E-state index is 3.96. The zero-order chi connectivity index (χ0) is 6.69. The van der Waals surface area contributed by atoms with Gasteiger partial charge in [0.05, 0.1) is 12.9 Å². The van der Waals surface area contributed by atoms with E-state index >= 15 is 0 Å². The van der Waals surface area contributed by atoms with Crippen molar-refractivity contribution >= 4 is 18.0 Å². The minimum Gasteiger partial charge on any atom is -0.206 e. The van der Waals surface area contributed by atoms with E-state index in [0.29, 0.717) is 0 Å². The molecule has 0 N–H and O–H groups in total. The average Bonchev–Trinajstić information content (AvgIpc) is 1.97. The molecule has 0 aromatic heterocycles. The highest BCUT2D eigenvalue weighted by molar-refractivity contribution is 5.87. The summed E-state index contributed by atoms with van der Waals surface area (Å²) in [6, 6.07) is 0. The molecule has 0 radical (unpaired) electrons. The van der Waals surface area contributed by atoms with Crippen LogP contribution in [0.5, 0.6) is 0 Å². The molecule has 1 aliphatic rings. The Kier molecular flexibility index (Phi) is 1.56. The minimum atomic E-state index is 0.756. The van der Waals surface area contributed by atoms with Crippen molar-refractivity contribution in [2.45, 2.75) is 6.92 Å². The Hall–Kier alpha value is -1.21. The second-order valence-corrected chi connectivity index (χ2v) is 1.79. The summed E-state index contributed by atoms with van der Waals surface area (Å²) in [5.74, 6) is 3.60. The molecule has 0 amide bonds. The summed E-state index contributed by atoms with van der Waals surface area (Å²) in [5, 5.41) is 0. The van der Waals surface area contributed by atoms with Crippen LogP contribution in [-0.2, 0) is 0 Å². The van der Waals surface area contributed by atoms with Crippen LogP contribution in [-0.4, -0.2) is 29.7 Å². The summed E-state index contributed by atoms with van der Waals surface area (Å²) >= 11 is 0. The van der Waals surface area contributed by atoms with E-state index in [9.17, 15) is 0 Å². The molecule has 1 aliphatic heterocycles. The topological polar surface area (TPSA) is 27.7 Å². The molecule has 0 aromatic carbocycles. The van der Waals surface area contributed by atoms with Gasteiger partial charge in [-0.15, -0.1) is 0 Å². The maximum atomic E-state index is 3.96. The molecule has 0 atom stereocenters. The van der Waals surface area contributed by atoms with E-state index in [1.807, 2.05) is 14.0 Å². The van der Waals surface area contributed by atoms with E-state index in [4.69, 9.17) is 0 Å². The van der Waals surface area contributed by atoms with Crippen molar-refractivity contribution in [2.75, 3.05) is 7.05 Å². The first-order valence-electron chi connectivity index (χ1n) is 2.68. The molecule has 0 aromatic rings. The van der Waals surface area contributed by atoms with Crippen LogP contribution in [0.15, 0.2) is 16.2 Å². The quantitative estimate of drug-likeness (QED) is 0.413. The van der Waals surface area contributed by atoms with Crippen LogP contribution in [0.3, 0.4) is 0 Å². The van der Waals surface area contributed by atoms with Gasteiger partial charge < -0.3 is 0 Å². The predicted octanol–water partition coefficient (Wildman–Crippen LogP) is 0.272. The fraction of sp³-hybridized carbons (Fsp3) is 0.333. The maximum Gasteiger partial charge on any atom is 0.296 e. The number of amidine groups is 1. The van der Waals surface area contributed by atoms with Crippen molar-refractivity contribution in [2.24, 2.45) is 9.98 Å². The fourth-order valence-electron chi connectivity index (χ4n) is 0.450. The van der Waals surface area contributed by atoms with E-state index in [1.165, 1.54) is 0 Å². The summed E-state index contributed by atoms with van der Waals surface area (Å²) < 4.78 is 1.72. The van der Waals surface area contributed by atoms with E-state index in [0.717, 1.165) is 5.84 Å². The van der Waals surface area contributed by atoms with Gasteiger partial charge in [-0.05, 0) is 4.99 Å². The van der Waals surface area contributed by atoms with E-state index in [-0.39, 0.29) is 0 Å². The van der Waals surface area contributed by atoms with E-state index in [2.05, 4.69) is 15.9 Å². The van der Waals surface area contributed by atoms with Crippen LogP contribution in [0.25, 0.3) is 0 Å². The van der Waals surface area contributed by atoms with Gasteiger partial charge in [0.1, 0.15) is 6.20 Å². The summed E-state index contributed by atoms with van der Waals surface area (Å²) in [6.45, 7) is 1.84. The fourth-order valence-corrected chi connectivity index (χ4v) is 0.450. The van der Waals surface area contributed by atoms with Crippen LogP contribution >= 0.6 is 0 Å². The van der Waals surface area contributed by atoms with Crippen LogP contribution in [0, 0.1) is 0 Å². The standard InChI is InChI=1S/C6H8N3/c1-6-7-3-4-9(2)5-8-6/h3,5H,1-2H3/q+1. The summed E-state index contributed by atoms with van der Waals surface area (Å²) in [6.07, 6.45) is 3.27. The largest absolute Gasteiger partial charge is 0.296 e.